The van der Waals surface area contributed by atoms with Gasteiger partial charge in [-0.1, -0.05) is 28.1 Å². The Morgan fingerprint density at radius 3 is 2.75 bits per heavy atom. The maximum absolute atomic E-state index is 12.2. The molecule has 1 rings (SSSR count). The molecule has 1 nitrogen and oxygen atoms in total. The van der Waals surface area contributed by atoms with Gasteiger partial charge in [0.25, 0.3) is 0 Å². The lowest BCUT2D eigenvalue weighted by Crippen LogP contribution is -1.88. The third kappa shape index (κ3) is 1.83. The summed E-state index contributed by atoms with van der Waals surface area (Å²) in [6, 6.07) is 7.06. The van der Waals surface area contributed by atoms with Gasteiger partial charge in [-0.05, 0) is 17.2 Å². The molecule has 0 saturated heterocycles. The van der Waals surface area contributed by atoms with Crippen molar-refractivity contribution in [2.24, 2.45) is 0 Å². The summed E-state index contributed by atoms with van der Waals surface area (Å²) in [5.41, 5.74) is 1.99. The van der Waals surface area contributed by atoms with Crippen LogP contribution in [0.2, 0.25) is 0 Å². The minimum Gasteiger partial charge on any atom is -0.246 e. The lowest BCUT2D eigenvalue weighted by molar-refractivity contribution is 0.485. The van der Waals surface area contributed by atoms with Gasteiger partial charge in [0.2, 0.25) is 0 Å². The number of rotatable bonds is 2. The highest BCUT2D eigenvalue weighted by molar-refractivity contribution is 9.08. The first-order valence-electron chi connectivity index (χ1n) is 3.45. The van der Waals surface area contributed by atoms with Gasteiger partial charge in [-0.2, -0.15) is 5.26 Å². The Kier molecular flexibility index (Phi) is 3.24. The van der Waals surface area contributed by atoms with Crippen molar-refractivity contribution in [3.8, 4) is 6.07 Å². The van der Waals surface area contributed by atoms with Gasteiger partial charge in [0.1, 0.15) is 6.67 Å². The van der Waals surface area contributed by atoms with Crippen LogP contribution < -0.4 is 0 Å². The summed E-state index contributed by atoms with van der Waals surface area (Å²) in [7, 11) is 0. The Labute approximate surface area is 79.0 Å². The molecular formula is C9H7BrFN. The summed E-state index contributed by atoms with van der Waals surface area (Å²) in [6.07, 6.45) is 0. The molecule has 0 radical (unpaired) electrons. The van der Waals surface area contributed by atoms with Crippen LogP contribution in [0.25, 0.3) is 0 Å². The molecular weight excluding hydrogens is 221 g/mol. The predicted molar refractivity (Wildman–Crippen MR) is 48.6 cm³/mol. The van der Waals surface area contributed by atoms with E-state index in [1.54, 1.807) is 18.2 Å². The molecule has 0 saturated carbocycles. The van der Waals surface area contributed by atoms with Gasteiger partial charge >= 0.3 is 0 Å². The lowest BCUT2D eigenvalue weighted by Gasteiger charge is -2.00. The van der Waals surface area contributed by atoms with E-state index in [0.717, 1.165) is 5.56 Å². The molecule has 0 aliphatic heterocycles. The zero-order valence-corrected chi connectivity index (χ0v) is 7.94. The second-order valence-electron chi connectivity index (χ2n) is 2.37. The van der Waals surface area contributed by atoms with Crippen molar-refractivity contribution in [1.82, 2.24) is 0 Å². The smallest absolute Gasteiger partial charge is 0.115 e. The van der Waals surface area contributed by atoms with Gasteiger partial charge in [0, 0.05) is 5.33 Å². The Morgan fingerprint density at radius 1 is 1.50 bits per heavy atom. The Morgan fingerprint density at radius 2 is 2.25 bits per heavy atom. The van der Waals surface area contributed by atoms with E-state index in [2.05, 4.69) is 15.9 Å². The van der Waals surface area contributed by atoms with E-state index >= 15 is 0 Å². The topological polar surface area (TPSA) is 23.8 Å². The Hall–Kier alpha value is -0.880. The van der Waals surface area contributed by atoms with E-state index in [9.17, 15) is 4.39 Å². The first kappa shape index (κ1) is 9.21. The van der Waals surface area contributed by atoms with Crippen molar-refractivity contribution < 1.29 is 4.39 Å². The largest absolute Gasteiger partial charge is 0.246 e. The van der Waals surface area contributed by atoms with Crippen molar-refractivity contribution in [2.45, 2.75) is 12.0 Å². The number of nitrogens with zero attached hydrogens (tertiary/aromatic N) is 1. The number of benzene rings is 1. The fraction of sp³-hybridized carbons (Fsp3) is 0.222. The SMILES string of the molecule is N#Cc1cc(CF)ccc1CBr. The summed E-state index contributed by atoms with van der Waals surface area (Å²) in [5.74, 6) is 0. The molecule has 0 aromatic heterocycles. The molecule has 0 heterocycles. The summed E-state index contributed by atoms with van der Waals surface area (Å²) >= 11 is 3.25. The van der Waals surface area contributed by atoms with Crippen LogP contribution in [-0.4, -0.2) is 0 Å². The van der Waals surface area contributed by atoms with E-state index in [-0.39, 0.29) is 0 Å². The zero-order valence-electron chi connectivity index (χ0n) is 6.35. The quantitative estimate of drug-likeness (QED) is 0.714. The molecule has 0 aliphatic rings. The van der Waals surface area contributed by atoms with Crippen LogP contribution in [0.1, 0.15) is 16.7 Å². The molecule has 0 unspecified atom stereocenters. The lowest BCUT2D eigenvalue weighted by atomic mass is 10.1. The Bertz CT molecular complexity index is 317. The van der Waals surface area contributed by atoms with E-state index in [4.69, 9.17) is 5.26 Å². The molecule has 0 spiro atoms. The first-order valence-corrected chi connectivity index (χ1v) is 4.57. The molecule has 3 heteroatoms. The summed E-state index contributed by atoms with van der Waals surface area (Å²) in [4.78, 5) is 0. The summed E-state index contributed by atoms with van der Waals surface area (Å²) in [5, 5.41) is 9.30. The molecule has 12 heavy (non-hydrogen) atoms. The standard InChI is InChI=1S/C9H7BrFN/c10-4-8-2-1-7(5-11)3-9(8)6-12/h1-3H,4-5H2. The molecule has 0 N–H and O–H groups in total. The van der Waals surface area contributed by atoms with Crippen LogP contribution in [0.5, 0.6) is 0 Å². The molecule has 0 bridgehead atoms. The highest BCUT2D eigenvalue weighted by atomic mass is 79.9. The van der Waals surface area contributed by atoms with E-state index in [1.807, 2.05) is 6.07 Å². The van der Waals surface area contributed by atoms with Crippen molar-refractivity contribution in [3.63, 3.8) is 0 Å². The van der Waals surface area contributed by atoms with Crippen LogP contribution in [0.4, 0.5) is 4.39 Å². The van der Waals surface area contributed by atoms with Crippen LogP contribution >= 0.6 is 15.9 Å². The number of nitriles is 1. The number of hydrogen-bond acceptors (Lipinski definition) is 1. The normalized spacial score (nSPS) is 9.42. The molecule has 62 valence electrons. The molecule has 0 fully saturated rings. The monoisotopic (exact) mass is 227 g/mol. The third-order valence-corrected chi connectivity index (χ3v) is 2.20. The summed E-state index contributed by atoms with van der Waals surface area (Å²) < 4.78 is 12.2. The molecule has 1 aromatic carbocycles. The number of halogens is 2. The summed E-state index contributed by atoms with van der Waals surface area (Å²) in [6.45, 7) is -0.517. The fourth-order valence-corrected chi connectivity index (χ4v) is 1.42. The predicted octanol–water partition coefficient (Wildman–Crippen LogP) is 2.92. The number of hydrogen-bond donors (Lipinski definition) is 0. The average molecular weight is 228 g/mol. The molecule has 0 aliphatic carbocycles. The maximum atomic E-state index is 12.2. The van der Waals surface area contributed by atoms with Gasteiger partial charge in [-0.15, -0.1) is 0 Å². The highest BCUT2D eigenvalue weighted by Crippen LogP contribution is 2.14. The van der Waals surface area contributed by atoms with Crippen molar-refractivity contribution in [2.75, 3.05) is 0 Å². The van der Waals surface area contributed by atoms with Gasteiger partial charge < -0.3 is 0 Å². The van der Waals surface area contributed by atoms with E-state index < -0.39 is 6.67 Å². The molecule has 0 atom stereocenters. The molecule has 0 amide bonds. The Balaban J connectivity index is 3.13. The highest BCUT2D eigenvalue weighted by Gasteiger charge is 2.01. The van der Waals surface area contributed by atoms with E-state index in [0.29, 0.717) is 16.5 Å². The zero-order chi connectivity index (χ0) is 8.97. The molecule has 1 aromatic rings. The van der Waals surface area contributed by atoms with Crippen molar-refractivity contribution in [1.29, 1.82) is 5.26 Å². The van der Waals surface area contributed by atoms with Gasteiger partial charge in [0.15, 0.2) is 0 Å². The maximum Gasteiger partial charge on any atom is 0.115 e. The second-order valence-corrected chi connectivity index (χ2v) is 2.93. The second kappa shape index (κ2) is 4.22. The first-order chi connectivity index (χ1) is 5.81. The minimum absolute atomic E-state index is 0.517. The van der Waals surface area contributed by atoms with Gasteiger partial charge in [-0.25, -0.2) is 4.39 Å². The van der Waals surface area contributed by atoms with Gasteiger partial charge in [-0.3, -0.25) is 0 Å². The van der Waals surface area contributed by atoms with Crippen LogP contribution in [0.3, 0.4) is 0 Å². The van der Waals surface area contributed by atoms with Crippen molar-refractivity contribution in [3.05, 3.63) is 34.9 Å². The fourth-order valence-electron chi connectivity index (χ4n) is 0.927. The minimum atomic E-state index is -0.517. The number of alkyl halides is 2. The third-order valence-electron chi connectivity index (χ3n) is 1.59. The van der Waals surface area contributed by atoms with Crippen LogP contribution in [0, 0.1) is 11.3 Å². The van der Waals surface area contributed by atoms with Crippen molar-refractivity contribution >= 4 is 15.9 Å². The van der Waals surface area contributed by atoms with Gasteiger partial charge in [0.05, 0.1) is 11.6 Å². The van der Waals surface area contributed by atoms with Crippen LogP contribution in [0.15, 0.2) is 18.2 Å². The average Bonchev–Trinajstić information content (AvgIpc) is 2.16. The van der Waals surface area contributed by atoms with Crippen LogP contribution in [-0.2, 0) is 12.0 Å². The van der Waals surface area contributed by atoms with E-state index in [1.165, 1.54) is 0 Å².